The number of esters is 2. The van der Waals surface area contributed by atoms with Crippen molar-refractivity contribution in [3.05, 3.63) is 48.1 Å². The predicted octanol–water partition coefficient (Wildman–Crippen LogP) is 1.66. The van der Waals surface area contributed by atoms with Gasteiger partial charge in [0.2, 0.25) is 0 Å². The Morgan fingerprint density at radius 2 is 1.78 bits per heavy atom. The van der Waals surface area contributed by atoms with Crippen LogP contribution < -0.4 is 4.90 Å². The molecule has 0 radical (unpaired) electrons. The molecule has 1 aliphatic heterocycles. The molecule has 0 aromatic heterocycles. The molecule has 0 N–H and O–H groups in total. The van der Waals surface area contributed by atoms with E-state index in [0.29, 0.717) is 0 Å². The summed E-state index contributed by atoms with van der Waals surface area (Å²) in [6, 6.07) is 1.77. The number of ether oxygens (including phenoxy) is 3. The first-order valence-corrected chi connectivity index (χ1v) is 7.89. The molecule has 27 heavy (non-hydrogen) atoms. The van der Waals surface area contributed by atoms with Gasteiger partial charge in [0.1, 0.15) is 18.1 Å². The van der Waals surface area contributed by atoms with E-state index >= 15 is 0 Å². The van der Waals surface area contributed by atoms with Crippen molar-refractivity contribution in [2.45, 2.75) is 0 Å². The second-order valence-electron chi connectivity index (χ2n) is 5.03. The number of hydrogen-bond acceptors (Lipinski definition) is 10. The summed E-state index contributed by atoms with van der Waals surface area (Å²) in [4.78, 5) is 46.1. The molecule has 1 aromatic rings. The van der Waals surface area contributed by atoms with Crippen LogP contribution in [0.3, 0.4) is 0 Å². The summed E-state index contributed by atoms with van der Waals surface area (Å²) in [6.07, 6.45) is 0. The minimum absolute atomic E-state index is 0.0560. The third kappa shape index (κ3) is 3.88. The summed E-state index contributed by atoms with van der Waals surface area (Å²) >= 11 is 3.05. The fourth-order valence-corrected chi connectivity index (χ4v) is 3.05. The van der Waals surface area contributed by atoms with E-state index in [1.165, 1.54) is 0 Å². The number of methoxy groups -OCH3 is 2. The highest BCUT2D eigenvalue weighted by Crippen LogP contribution is 2.42. The molecule has 0 fully saturated rings. The Balaban J connectivity index is 2.78. The molecule has 1 aromatic carbocycles. The average Bonchev–Trinajstić information content (AvgIpc) is 2.65. The van der Waals surface area contributed by atoms with Crippen molar-refractivity contribution in [3.63, 3.8) is 0 Å². The number of nitro groups is 2. The Kier molecular flexibility index (Phi) is 6.07. The van der Waals surface area contributed by atoms with Gasteiger partial charge < -0.3 is 19.1 Å². The van der Waals surface area contributed by atoms with Crippen LogP contribution in [0.2, 0.25) is 0 Å². The minimum atomic E-state index is -0.960. The standard InChI is InChI=1S/C14H12BrN3O9/c1-25-13(19)8-5-27-6-16(11(8)14(20)26-2)12-9(15)3-7(17(21)22)4-10(12)18(23)24/h3-4H,5-6H2,1-2H3. The Bertz CT molecular complexity index is 868. The fourth-order valence-electron chi connectivity index (χ4n) is 2.40. The van der Waals surface area contributed by atoms with Gasteiger partial charge in [-0.05, 0) is 15.9 Å². The van der Waals surface area contributed by atoms with Gasteiger partial charge in [0, 0.05) is 6.07 Å². The SMILES string of the molecule is COC(=O)C1=C(C(=O)OC)N(c2c(Br)cc([N+](=O)[O-])cc2[N+](=O)[O-])COC1. The van der Waals surface area contributed by atoms with Gasteiger partial charge in [-0.1, -0.05) is 0 Å². The topological polar surface area (TPSA) is 151 Å². The van der Waals surface area contributed by atoms with E-state index in [4.69, 9.17) is 4.74 Å². The first-order chi connectivity index (χ1) is 12.7. The van der Waals surface area contributed by atoms with Gasteiger partial charge in [-0.25, -0.2) is 9.59 Å². The molecule has 0 spiro atoms. The van der Waals surface area contributed by atoms with Crippen LogP contribution in [0.1, 0.15) is 0 Å². The van der Waals surface area contributed by atoms with Crippen LogP contribution in [0.4, 0.5) is 17.1 Å². The van der Waals surface area contributed by atoms with Gasteiger partial charge in [-0.3, -0.25) is 20.2 Å². The van der Waals surface area contributed by atoms with E-state index in [1.807, 2.05) is 0 Å². The molecule has 0 saturated heterocycles. The van der Waals surface area contributed by atoms with Crippen LogP contribution in [-0.2, 0) is 23.8 Å². The molecule has 2 rings (SSSR count). The Hall–Kier alpha value is -3.06. The first kappa shape index (κ1) is 20.3. The van der Waals surface area contributed by atoms with Crippen molar-refractivity contribution in [2.24, 2.45) is 0 Å². The van der Waals surface area contributed by atoms with Crippen LogP contribution in [-0.4, -0.2) is 49.3 Å². The summed E-state index contributed by atoms with van der Waals surface area (Å²) in [7, 11) is 2.16. The Labute approximate surface area is 159 Å². The summed E-state index contributed by atoms with van der Waals surface area (Å²) in [5, 5.41) is 22.5. The number of rotatable bonds is 5. The number of carbonyl (C=O) groups is 2. The number of nitro benzene ring substituents is 2. The Morgan fingerprint density at radius 1 is 1.15 bits per heavy atom. The van der Waals surface area contributed by atoms with Crippen LogP contribution in [0.5, 0.6) is 0 Å². The number of carbonyl (C=O) groups excluding carboxylic acids is 2. The molecule has 1 aliphatic rings. The summed E-state index contributed by atoms with van der Waals surface area (Å²) in [5.74, 6) is -1.85. The van der Waals surface area contributed by atoms with Crippen LogP contribution in [0, 0.1) is 20.2 Å². The van der Waals surface area contributed by atoms with E-state index < -0.39 is 33.2 Å². The largest absolute Gasteiger partial charge is 0.466 e. The summed E-state index contributed by atoms with van der Waals surface area (Å²) < 4.78 is 14.5. The number of non-ortho nitro benzene ring substituents is 1. The molecule has 144 valence electrons. The zero-order chi connectivity index (χ0) is 20.3. The maximum atomic E-state index is 12.3. The quantitative estimate of drug-likeness (QED) is 0.371. The van der Waals surface area contributed by atoms with Gasteiger partial charge in [0.25, 0.3) is 5.69 Å². The molecular formula is C14H12BrN3O9. The van der Waals surface area contributed by atoms with Crippen molar-refractivity contribution < 1.29 is 33.6 Å². The van der Waals surface area contributed by atoms with E-state index in [2.05, 4.69) is 25.4 Å². The number of benzene rings is 1. The number of anilines is 1. The van der Waals surface area contributed by atoms with Crippen LogP contribution in [0.25, 0.3) is 0 Å². The van der Waals surface area contributed by atoms with E-state index in [-0.39, 0.29) is 34.8 Å². The van der Waals surface area contributed by atoms with Gasteiger partial charge in [0.05, 0.1) is 46.8 Å². The van der Waals surface area contributed by atoms with Gasteiger partial charge in [0.15, 0.2) is 0 Å². The van der Waals surface area contributed by atoms with E-state index in [9.17, 15) is 29.8 Å². The zero-order valence-corrected chi connectivity index (χ0v) is 15.5. The molecule has 0 unspecified atom stereocenters. The number of hydrogen-bond donors (Lipinski definition) is 0. The van der Waals surface area contributed by atoms with Crippen LogP contribution in [0.15, 0.2) is 27.9 Å². The van der Waals surface area contributed by atoms with Crippen molar-refractivity contribution in [1.29, 1.82) is 0 Å². The summed E-state index contributed by atoms with van der Waals surface area (Å²) in [6.45, 7) is -0.631. The highest BCUT2D eigenvalue weighted by Gasteiger charge is 2.37. The molecule has 0 atom stereocenters. The normalized spacial score (nSPS) is 14.0. The molecule has 12 nitrogen and oxygen atoms in total. The van der Waals surface area contributed by atoms with Crippen molar-refractivity contribution in [1.82, 2.24) is 0 Å². The number of halogens is 1. The maximum Gasteiger partial charge on any atom is 0.355 e. The predicted molar refractivity (Wildman–Crippen MR) is 91.8 cm³/mol. The third-order valence-corrected chi connectivity index (χ3v) is 4.14. The summed E-state index contributed by atoms with van der Waals surface area (Å²) in [5.41, 5.74) is -1.96. The average molecular weight is 446 g/mol. The highest BCUT2D eigenvalue weighted by molar-refractivity contribution is 9.10. The van der Waals surface area contributed by atoms with E-state index in [1.54, 1.807) is 0 Å². The van der Waals surface area contributed by atoms with Crippen LogP contribution >= 0.6 is 15.9 Å². The lowest BCUT2D eigenvalue weighted by Gasteiger charge is -2.31. The zero-order valence-electron chi connectivity index (χ0n) is 14.0. The smallest absolute Gasteiger partial charge is 0.355 e. The molecule has 0 aliphatic carbocycles. The molecule has 0 bridgehead atoms. The van der Waals surface area contributed by atoms with Crippen molar-refractivity contribution in [2.75, 3.05) is 32.5 Å². The fraction of sp³-hybridized carbons (Fsp3) is 0.286. The molecular weight excluding hydrogens is 434 g/mol. The first-order valence-electron chi connectivity index (χ1n) is 7.10. The molecule has 13 heteroatoms. The second-order valence-corrected chi connectivity index (χ2v) is 5.88. The maximum absolute atomic E-state index is 12.3. The van der Waals surface area contributed by atoms with Gasteiger partial charge >= 0.3 is 17.6 Å². The lowest BCUT2D eigenvalue weighted by Crippen LogP contribution is -2.39. The minimum Gasteiger partial charge on any atom is -0.466 e. The lowest BCUT2D eigenvalue weighted by molar-refractivity contribution is -0.393. The monoisotopic (exact) mass is 445 g/mol. The van der Waals surface area contributed by atoms with Crippen molar-refractivity contribution >= 4 is 44.9 Å². The van der Waals surface area contributed by atoms with E-state index in [0.717, 1.165) is 31.3 Å². The molecule has 1 heterocycles. The Morgan fingerprint density at radius 3 is 2.30 bits per heavy atom. The third-order valence-electron chi connectivity index (χ3n) is 3.54. The van der Waals surface area contributed by atoms with Gasteiger partial charge in [-0.2, -0.15) is 0 Å². The van der Waals surface area contributed by atoms with Crippen molar-refractivity contribution in [3.8, 4) is 0 Å². The lowest BCUT2D eigenvalue weighted by atomic mass is 10.1. The highest BCUT2D eigenvalue weighted by atomic mass is 79.9. The molecule has 0 amide bonds. The van der Waals surface area contributed by atoms with Gasteiger partial charge in [-0.15, -0.1) is 0 Å². The number of nitrogens with zero attached hydrogens (tertiary/aromatic N) is 3. The molecule has 0 saturated carbocycles. The second kappa shape index (κ2) is 8.09.